The number of benzene rings is 1. The Hall–Kier alpha value is 0.766. The van der Waals surface area contributed by atoms with Gasteiger partial charge in [-0.25, -0.2) is 4.79 Å². The van der Waals surface area contributed by atoms with Crippen molar-refractivity contribution in [3.8, 4) is 5.75 Å². The number of esters is 1. The van der Waals surface area contributed by atoms with Gasteiger partial charge < -0.3 is 9.47 Å². The molecule has 0 saturated carbocycles. The molecule has 0 N–H and O–H groups in total. The van der Waals surface area contributed by atoms with E-state index in [9.17, 15) is 4.79 Å². The van der Waals surface area contributed by atoms with Crippen LogP contribution in [0.25, 0.3) is 0 Å². The van der Waals surface area contributed by atoms with Gasteiger partial charge in [-0.1, -0.05) is 22.0 Å². The first kappa shape index (κ1) is 12.8. The van der Waals surface area contributed by atoms with Crippen LogP contribution in [0.1, 0.15) is 0 Å². The first-order chi connectivity index (χ1) is 6.25. The summed E-state index contributed by atoms with van der Waals surface area (Å²) in [5.41, 5.74) is 0. The van der Waals surface area contributed by atoms with Crippen LogP contribution in [-0.2, 0) is 9.53 Å². The van der Waals surface area contributed by atoms with Gasteiger partial charge >= 0.3 is 57.4 Å². The van der Waals surface area contributed by atoms with E-state index in [1.807, 2.05) is 6.07 Å². The minimum absolute atomic E-state index is 0. The molecule has 3 nitrogen and oxygen atoms in total. The van der Waals surface area contributed by atoms with Crippen LogP contribution >= 0.6 is 15.9 Å². The molecule has 2 rings (SSSR count). The van der Waals surface area contributed by atoms with Crippen molar-refractivity contribution in [2.75, 3.05) is 6.61 Å². The summed E-state index contributed by atoms with van der Waals surface area (Å²) in [6.07, 6.45) is -0.348. The molecule has 1 aromatic carbocycles. The summed E-state index contributed by atoms with van der Waals surface area (Å²) in [5, 5.41) is 0. The van der Waals surface area contributed by atoms with Gasteiger partial charge in [-0.05, 0) is 18.2 Å². The normalized spacial score (nSPS) is 18.2. The standard InChI is InChI=1S/C9H7BrO3.K.H/c10-6-2-1-3-7(4-6)13-9(11)8-5-12-8;;/h1-4,8H,5H2;;. The number of ether oxygens (including phenoxy) is 2. The second kappa shape index (κ2) is 5.74. The molecule has 0 aliphatic carbocycles. The Bertz CT molecular complexity index is 339. The summed E-state index contributed by atoms with van der Waals surface area (Å²) in [7, 11) is 0. The van der Waals surface area contributed by atoms with Gasteiger partial charge in [0.05, 0.1) is 6.61 Å². The predicted molar refractivity (Wildman–Crippen MR) is 56.7 cm³/mol. The molecule has 0 bridgehead atoms. The van der Waals surface area contributed by atoms with E-state index in [1.165, 1.54) is 0 Å². The van der Waals surface area contributed by atoms with E-state index in [0.29, 0.717) is 12.4 Å². The molecule has 1 aliphatic heterocycles. The Morgan fingerprint density at radius 3 is 2.86 bits per heavy atom. The van der Waals surface area contributed by atoms with E-state index < -0.39 is 0 Å². The maximum atomic E-state index is 11.1. The fourth-order valence-corrected chi connectivity index (χ4v) is 1.27. The van der Waals surface area contributed by atoms with Gasteiger partial charge in [0.2, 0.25) is 0 Å². The summed E-state index contributed by atoms with van der Waals surface area (Å²) >= 11 is 3.28. The SMILES string of the molecule is O=C(Oc1cccc(Br)c1)C1CO1.[KH]. The second-order valence-electron chi connectivity index (χ2n) is 2.70. The van der Waals surface area contributed by atoms with E-state index >= 15 is 0 Å². The van der Waals surface area contributed by atoms with Gasteiger partial charge in [0.25, 0.3) is 0 Å². The van der Waals surface area contributed by atoms with E-state index in [2.05, 4.69) is 15.9 Å². The third-order valence-electron chi connectivity index (χ3n) is 1.61. The Labute approximate surface area is 133 Å². The van der Waals surface area contributed by atoms with E-state index in [0.717, 1.165) is 4.47 Å². The molecule has 1 aliphatic rings. The quantitative estimate of drug-likeness (QED) is 0.353. The van der Waals surface area contributed by atoms with Crippen LogP contribution in [0.5, 0.6) is 5.75 Å². The minimum atomic E-state index is -0.348. The first-order valence-corrected chi connectivity index (χ1v) is 4.64. The molecule has 5 heteroatoms. The van der Waals surface area contributed by atoms with Crippen LogP contribution in [0.3, 0.4) is 0 Å². The molecule has 1 heterocycles. The van der Waals surface area contributed by atoms with Crippen molar-refractivity contribution in [3.63, 3.8) is 0 Å². The topological polar surface area (TPSA) is 38.8 Å². The average molecular weight is 283 g/mol. The van der Waals surface area contributed by atoms with Crippen molar-refractivity contribution >= 4 is 73.3 Å². The summed E-state index contributed by atoms with van der Waals surface area (Å²) in [4.78, 5) is 11.1. The molecule has 14 heavy (non-hydrogen) atoms. The number of epoxide rings is 1. The molecule has 0 radical (unpaired) electrons. The van der Waals surface area contributed by atoms with Crippen molar-refractivity contribution in [2.24, 2.45) is 0 Å². The fourth-order valence-electron chi connectivity index (χ4n) is 0.897. The van der Waals surface area contributed by atoms with Crippen molar-refractivity contribution in [2.45, 2.75) is 6.10 Å². The van der Waals surface area contributed by atoms with Gasteiger partial charge in [0.15, 0.2) is 6.10 Å². The summed E-state index contributed by atoms with van der Waals surface area (Å²) in [5.74, 6) is 0.216. The zero-order valence-corrected chi connectivity index (χ0v) is 8.28. The van der Waals surface area contributed by atoms with Crippen molar-refractivity contribution < 1.29 is 14.3 Å². The zero-order chi connectivity index (χ0) is 9.26. The third kappa shape index (κ3) is 3.73. The third-order valence-corrected chi connectivity index (χ3v) is 2.10. The van der Waals surface area contributed by atoms with E-state index in [4.69, 9.17) is 9.47 Å². The summed E-state index contributed by atoms with van der Waals surface area (Å²) in [6.45, 7) is 0.479. The molecule has 0 spiro atoms. The number of rotatable bonds is 2. The molecule has 1 fully saturated rings. The summed E-state index contributed by atoms with van der Waals surface area (Å²) < 4.78 is 10.7. The Kier molecular flexibility index (Phi) is 5.26. The number of hydrogen-bond donors (Lipinski definition) is 0. The zero-order valence-electron chi connectivity index (χ0n) is 6.70. The van der Waals surface area contributed by atoms with Crippen LogP contribution < -0.4 is 4.74 Å². The van der Waals surface area contributed by atoms with Crippen LogP contribution in [0.4, 0.5) is 0 Å². The molecule has 1 aromatic rings. The molecule has 0 aromatic heterocycles. The monoisotopic (exact) mass is 282 g/mol. The molecule has 1 saturated heterocycles. The number of carbonyl (C=O) groups is 1. The number of carbonyl (C=O) groups excluding carboxylic acids is 1. The molecular formula is C9H8BrKO3. The molecule has 1 unspecified atom stereocenters. The molecular weight excluding hydrogens is 275 g/mol. The van der Waals surface area contributed by atoms with E-state index in [-0.39, 0.29) is 63.5 Å². The molecule has 1 atom stereocenters. The second-order valence-corrected chi connectivity index (χ2v) is 3.62. The number of halogens is 1. The van der Waals surface area contributed by atoms with Gasteiger partial charge in [0.1, 0.15) is 5.75 Å². The van der Waals surface area contributed by atoms with Crippen LogP contribution in [0.15, 0.2) is 28.7 Å². The predicted octanol–water partition coefficient (Wildman–Crippen LogP) is 1.10. The van der Waals surface area contributed by atoms with Crippen LogP contribution in [0, 0.1) is 0 Å². The summed E-state index contributed by atoms with van der Waals surface area (Å²) in [6, 6.07) is 7.14. The number of hydrogen-bond acceptors (Lipinski definition) is 3. The van der Waals surface area contributed by atoms with Gasteiger partial charge in [-0.2, -0.15) is 0 Å². The molecule has 0 amide bonds. The van der Waals surface area contributed by atoms with E-state index in [1.54, 1.807) is 18.2 Å². The molecule has 70 valence electrons. The average Bonchev–Trinajstić information content (AvgIpc) is 2.85. The first-order valence-electron chi connectivity index (χ1n) is 3.84. The Morgan fingerprint density at radius 2 is 2.29 bits per heavy atom. The van der Waals surface area contributed by atoms with Crippen molar-refractivity contribution in [3.05, 3.63) is 28.7 Å². The van der Waals surface area contributed by atoms with Crippen LogP contribution in [0.2, 0.25) is 0 Å². The Morgan fingerprint density at radius 1 is 1.57 bits per heavy atom. The van der Waals surface area contributed by atoms with Crippen molar-refractivity contribution in [1.29, 1.82) is 0 Å². The van der Waals surface area contributed by atoms with Gasteiger partial charge in [-0.15, -0.1) is 0 Å². The maximum absolute atomic E-state index is 11.1. The Balaban J connectivity index is 0.000000980. The van der Waals surface area contributed by atoms with Gasteiger partial charge in [0, 0.05) is 4.47 Å². The van der Waals surface area contributed by atoms with Gasteiger partial charge in [-0.3, -0.25) is 0 Å². The van der Waals surface area contributed by atoms with Crippen molar-refractivity contribution in [1.82, 2.24) is 0 Å². The fraction of sp³-hybridized carbons (Fsp3) is 0.222. The van der Waals surface area contributed by atoms with Crippen LogP contribution in [-0.4, -0.2) is 70.1 Å².